The van der Waals surface area contributed by atoms with E-state index in [0.29, 0.717) is 29.0 Å². The second-order valence-corrected chi connectivity index (χ2v) is 6.36. The maximum absolute atomic E-state index is 11.1. The highest BCUT2D eigenvalue weighted by molar-refractivity contribution is 7.81. The van der Waals surface area contributed by atoms with E-state index < -0.39 is 17.1 Å². The molecule has 4 rings (SSSR count). The summed E-state index contributed by atoms with van der Waals surface area (Å²) in [5.74, 6) is -0.822. The van der Waals surface area contributed by atoms with Crippen LogP contribution in [0.4, 0.5) is 0 Å². The van der Waals surface area contributed by atoms with E-state index in [4.69, 9.17) is 4.84 Å². The molecule has 1 aromatic carbocycles. The maximum atomic E-state index is 11.1. The van der Waals surface area contributed by atoms with E-state index >= 15 is 0 Å². The van der Waals surface area contributed by atoms with Crippen molar-refractivity contribution >= 4 is 24.5 Å². The third kappa shape index (κ3) is 5.69. The minimum absolute atomic E-state index is 0.171. The maximum Gasteiger partial charge on any atom is 0.383 e. The predicted molar refractivity (Wildman–Crippen MR) is 90.5 cm³/mol. The molecule has 3 aliphatic heterocycles. The summed E-state index contributed by atoms with van der Waals surface area (Å²) in [5, 5.41) is 14.1. The number of hydroxylamine groups is 1. The highest BCUT2D eigenvalue weighted by atomic mass is 32.1. The fourth-order valence-corrected chi connectivity index (χ4v) is 2.71. The highest BCUT2D eigenvalue weighted by Gasteiger charge is 2.31. The summed E-state index contributed by atoms with van der Waals surface area (Å²) in [7, 11) is 0. The van der Waals surface area contributed by atoms with E-state index in [0.717, 1.165) is 13.0 Å². The van der Waals surface area contributed by atoms with E-state index in [2.05, 4.69) is 28.2 Å². The van der Waals surface area contributed by atoms with E-state index in [1.54, 1.807) is 0 Å². The van der Waals surface area contributed by atoms with Crippen LogP contribution in [0.2, 0.25) is 0 Å². The second kappa shape index (κ2) is 8.79. The largest absolute Gasteiger partial charge is 0.390 e. The van der Waals surface area contributed by atoms with Gasteiger partial charge in [-0.05, 0) is 30.7 Å². The molecule has 25 heavy (non-hydrogen) atoms. The zero-order chi connectivity index (χ0) is 18.4. The van der Waals surface area contributed by atoms with Crippen molar-refractivity contribution in [3.05, 3.63) is 45.5 Å². The van der Waals surface area contributed by atoms with Crippen LogP contribution in [0.25, 0.3) is 0 Å². The Hall–Kier alpha value is -2.17. The molecule has 1 aromatic rings. The van der Waals surface area contributed by atoms with Crippen LogP contribution in [0.15, 0.2) is 24.3 Å². The molecule has 0 radical (unpaired) electrons. The average Bonchev–Trinajstić information content (AvgIpc) is 2.82. The number of carbonyl (C=O) groups is 2. The average molecular weight is 369 g/mol. The van der Waals surface area contributed by atoms with Crippen molar-refractivity contribution in [2.75, 3.05) is 13.2 Å². The lowest BCUT2D eigenvalue weighted by atomic mass is 10.1. The van der Waals surface area contributed by atoms with Gasteiger partial charge < -0.3 is 10.1 Å². The normalized spacial score (nSPS) is 23.9. The Morgan fingerprint density at radius 2 is 2.16 bits per heavy atom. The summed E-state index contributed by atoms with van der Waals surface area (Å²) in [4.78, 5) is 36.3. The molecule has 3 unspecified atom stereocenters. The van der Waals surface area contributed by atoms with Gasteiger partial charge in [0.05, 0.1) is 22.7 Å². The summed E-state index contributed by atoms with van der Waals surface area (Å²) in [6.07, 6.45) is -0.372. The Bertz CT molecular complexity index is 639. The minimum Gasteiger partial charge on any atom is -0.390 e. The lowest BCUT2D eigenvalue weighted by Gasteiger charge is -2.09. The van der Waals surface area contributed by atoms with Crippen molar-refractivity contribution in [3.8, 4) is 0 Å². The standard InChI is InChI=1S/C8H5NO4.C7H14N2O2S/c10-8-6-3-1-5(2-4-6)7(13-8)9(11)12;1-5(10)9-11-4-6-2-7(12)3-8-6/h1-4,7H;6-8,12H,2-4H2,1H3,(H,9,10). The number of hydrogen-bond acceptors (Lipinski definition) is 8. The fourth-order valence-electron chi connectivity index (χ4n) is 2.35. The zero-order valence-electron chi connectivity index (χ0n) is 13.5. The third-order valence-electron chi connectivity index (χ3n) is 3.54. The molecule has 10 heteroatoms. The fraction of sp³-hybridized carbons (Fsp3) is 0.467. The molecule has 3 atom stereocenters. The first-order valence-electron chi connectivity index (χ1n) is 7.61. The summed E-state index contributed by atoms with van der Waals surface area (Å²) >= 11 is 4.31. The first kappa shape index (κ1) is 19.2. The third-order valence-corrected chi connectivity index (χ3v) is 3.93. The van der Waals surface area contributed by atoms with E-state index in [-0.39, 0.29) is 5.91 Å². The van der Waals surface area contributed by atoms with Gasteiger partial charge in [-0.15, -0.1) is 0 Å². The van der Waals surface area contributed by atoms with Crippen LogP contribution in [0, 0.1) is 10.1 Å². The smallest absolute Gasteiger partial charge is 0.383 e. The Labute approximate surface area is 149 Å². The number of esters is 1. The number of ether oxygens (including phenoxy) is 1. The van der Waals surface area contributed by atoms with E-state index in [1.807, 2.05) is 0 Å². The van der Waals surface area contributed by atoms with Gasteiger partial charge in [-0.3, -0.25) is 19.7 Å². The molecule has 2 N–H and O–H groups in total. The molecule has 3 heterocycles. The van der Waals surface area contributed by atoms with Gasteiger partial charge in [0.1, 0.15) is 0 Å². The molecule has 1 amide bonds. The molecule has 136 valence electrons. The topological polar surface area (TPSA) is 120 Å². The summed E-state index contributed by atoms with van der Waals surface area (Å²) < 4.78 is 4.62. The number of hydrogen-bond donors (Lipinski definition) is 3. The Kier molecular flexibility index (Phi) is 6.73. The molecular weight excluding hydrogens is 350 g/mol. The first-order valence-corrected chi connectivity index (χ1v) is 8.12. The van der Waals surface area contributed by atoms with Crippen LogP contribution in [-0.4, -0.2) is 41.2 Å². The van der Waals surface area contributed by atoms with Crippen LogP contribution < -0.4 is 10.8 Å². The molecule has 9 nitrogen and oxygen atoms in total. The lowest BCUT2D eigenvalue weighted by molar-refractivity contribution is -0.574. The molecular formula is C15H19N3O6S. The summed E-state index contributed by atoms with van der Waals surface area (Å²) in [6, 6.07) is 6.39. The molecule has 0 saturated carbocycles. The van der Waals surface area contributed by atoms with Crippen LogP contribution >= 0.6 is 12.6 Å². The van der Waals surface area contributed by atoms with Crippen LogP contribution in [-0.2, 0) is 14.4 Å². The van der Waals surface area contributed by atoms with Crippen molar-refractivity contribution in [2.45, 2.75) is 30.9 Å². The Balaban J connectivity index is 0.000000181. The monoisotopic (exact) mass is 369 g/mol. The molecule has 1 fully saturated rings. The predicted octanol–water partition coefficient (Wildman–Crippen LogP) is 0.847. The van der Waals surface area contributed by atoms with Gasteiger partial charge in [-0.1, -0.05) is 0 Å². The molecule has 1 saturated heterocycles. The number of nitrogens with one attached hydrogen (secondary N) is 2. The Morgan fingerprint density at radius 3 is 2.68 bits per heavy atom. The lowest BCUT2D eigenvalue weighted by Crippen LogP contribution is -2.31. The number of thiol groups is 1. The molecule has 2 bridgehead atoms. The highest BCUT2D eigenvalue weighted by Crippen LogP contribution is 2.24. The van der Waals surface area contributed by atoms with Gasteiger partial charge in [0.15, 0.2) is 0 Å². The van der Waals surface area contributed by atoms with Gasteiger partial charge in [-0.25, -0.2) is 10.3 Å². The zero-order valence-corrected chi connectivity index (χ0v) is 14.4. The Morgan fingerprint density at radius 1 is 1.48 bits per heavy atom. The van der Waals surface area contributed by atoms with Crippen LogP contribution in [0.5, 0.6) is 0 Å². The molecule has 3 aliphatic rings. The van der Waals surface area contributed by atoms with Crippen molar-refractivity contribution in [1.82, 2.24) is 10.8 Å². The SMILES string of the molecule is CC(=O)NOCC1CC(S)CN1.O=C1OC([N+](=O)[O-])c2ccc1cc2. The van der Waals surface area contributed by atoms with E-state index in [1.165, 1.54) is 31.2 Å². The summed E-state index contributed by atoms with van der Waals surface area (Å²) in [5.41, 5.74) is 3.01. The molecule has 0 aliphatic carbocycles. The van der Waals surface area contributed by atoms with Gasteiger partial charge in [0.2, 0.25) is 5.91 Å². The first-order chi connectivity index (χ1) is 11.9. The van der Waals surface area contributed by atoms with Crippen molar-refractivity contribution in [2.24, 2.45) is 0 Å². The summed E-state index contributed by atoms with van der Waals surface area (Å²) in [6.45, 7) is 2.84. The van der Waals surface area contributed by atoms with E-state index in [9.17, 15) is 19.7 Å². The number of amides is 1. The number of carbonyl (C=O) groups excluding carboxylic acids is 2. The molecule has 0 aromatic heterocycles. The number of nitrogens with zero attached hydrogens (tertiary/aromatic N) is 1. The van der Waals surface area contributed by atoms with Crippen molar-refractivity contribution in [1.29, 1.82) is 0 Å². The molecule has 0 spiro atoms. The van der Waals surface area contributed by atoms with Crippen molar-refractivity contribution < 1.29 is 24.1 Å². The van der Waals surface area contributed by atoms with Gasteiger partial charge >= 0.3 is 12.2 Å². The van der Waals surface area contributed by atoms with Crippen LogP contribution in [0.1, 0.15) is 35.5 Å². The van der Waals surface area contributed by atoms with Crippen molar-refractivity contribution in [3.63, 3.8) is 0 Å². The van der Waals surface area contributed by atoms with Gasteiger partial charge in [0.25, 0.3) is 0 Å². The number of nitro groups is 1. The van der Waals surface area contributed by atoms with Gasteiger partial charge in [0, 0.05) is 24.8 Å². The minimum atomic E-state index is -1.36. The van der Waals surface area contributed by atoms with Gasteiger partial charge in [-0.2, -0.15) is 12.6 Å². The quantitative estimate of drug-likeness (QED) is 0.311. The number of fused-ring (bicyclic) bond motifs is 4. The number of benzene rings is 1. The van der Waals surface area contributed by atoms with Crippen LogP contribution in [0.3, 0.4) is 0 Å². The number of rotatable bonds is 4. The second-order valence-electron chi connectivity index (χ2n) is 5.63.